The van der Waals surface area contributed by atoms with Crippen LogP contribution in [0.1, 0.15) is 46.0 Å². The molecule has 0 aromatic carbocycles. The maximum atomic E-state index is 2.46. The molecule has 0 N–H and O–H groups in total. The maximum absolute atomic E-state index is 2.46. The second kappa shape index (κ2) is 1.99. The molecule has 10 heavy (non-hydrogen) atoms. The molecule has 0 spiro atoms. The summed E-state index contributed by atoms with van der Waals surface area (Å²) in [6.07, 6.45) is 7.56. The largest absolute Gasteiger partial charge is 0.0648 e. The first-order valence-electron chi connectivity index (χ1n) is 4.79. The summed E-state index contributed by atoms with van der Waals surface area (Å²) in [6.45, 7) is 4.84. The highest BCUT2D eigenvalue weighted by molar-refractivity contribution is 5.06. The third-order valence-electron chi connectivity index (χ3n) is 4.11. The monoisotopic (exact) mass is 138 g/mol. The zero-order chi connectivity index (χ0) is 7.19. The molecule has 2 aliphatic rings. The van der Waals surface area contributed by atoms with Crippen molar-refractivity contribution >= 4 is 0 Å². The van der Waals surface area contributed by atoms with E-state index in [1.54, 1.807) is 6.42 Å². The van der Waals surface area contributed by atoms with Crippen LogP contribution in [-0.4, -0.2) is 0 Å². The van der Waals surface area contributed by atoms with Crippen LogP contribution >= 0.6 is 0 Å². The van der Waals surface area contributed by atoms with Gasteiger partial charge in [-0.3, -0.25) is 0 Å². The van der Waals surface area contributed by atoms with Crippen LogP contribution in [0.3, 0.4) is 0 Å². The van der Waals surface area contributed by atoms with Gasteiger partial charge in [0.25, 0.3) is 0 Å². The molecule has 0 amide bonds. The Hall–Kier alpha value is 0. The minimum absolute atomic E-state index is 0.845. The lowest BCUT2D eigenvalue weighted by Crippen LogP contribution is -2.18. The Labute approximate surface area is 64.0 Å². The van der Waals surface area contributed by atoms with Gasteiger partial charge in [-0.05, 0) is 36.5 Å². The molecule has 0 aromatic rings. The van der Waals surface area contributed by atoms with Crippen LogP contribution in [0.2, 0.25) is 0 Å². The number of fused-ring (bicyclic) bond motifs is 1. The van der Waals surface area contributed by atoms with E-state index in [0.717, 1.165) is 17.3 Å². The van der Waals surface area contributed by atoms with Crippen LogP contribution in [0.5, 0.6) is 0 Å². The van der Waals surface area contributed by atoms with E-state index in [9.17, 15) is 0 Å². The Bertz CT molecular complexity index is 139. The van der Waals surface area contributed by atoms with Crippen LogP contribution in [0.4, 0.5) is 0 Å². The number of hydrogen-bond donors (Lipinski definition) is 0. The van der Waals surface area contributed by atoms with Gasteiger partial charge in [-0.25, -0.2) is 0 Å². The van der Waals surface area contributed by atoms with Gasteiger partial charge in [-0.15, -0.1) is 0 Å². The lowest BCUT2D eigenvalue weighted by molar-refractivity contribution is 0.226. The molecule has 2 saturated carbocycles. The van der Waals surface area contributed by atoms with Crippen molar-refractivity contribution in [3.63, 3.8) is 0 Å². The third kappa shape index (κ3) is 0.681. The molecule has 0 bridgehead atoms. The van der Waals surface area contributed by atoms with E-state index in [0.29, 0.717) is 0 Å². The van der Waals surface area contributed by atoms with E-state index in [4.69, 9.17) is 0 Å². The van der Waals surface area contributed by atoms with Crippen molar-refractivity contribution in [1.29, 1.82) is 0 Å². The van der Waals surface area contributed by atoms with Crippen LogP contribution < -0.4 is 0 Å². The molecule has 58 valence electrons. The van der Waals surface area contributed by atoms with E-state index in [2.05, 4.69) is 13.8 Å². The second-order valence-electron chi connectivity index (χ2n) is 4.32. The predicted molar refractivity (Wildman–Crippen MR) is 43.8 cm³/mol. The average Bonchev–Trinajstić information content (AvgIpc) is 2.65. The van der Waals surface area contributed by atoms with Crippen molar-refractivity contribution in [2.75, 3.05) is 0 Å². The molecule has 0 heterocycles. The minimum Gasteiger partial charge on any atom is -0.0648 e. The summed E-state index contributed by atoms with van der Waals surface area (Å²) in [5.41, 5.74) is 0.845. The fourth-order valence-electron chi connectivity index (χ4n) is 3.13. The fraction of sp³-hybridized carbons (Fsp3) is 1.00. The molecule has 0 aliphatic heterocycles. The summed E-state index contributed by atoms with van der Waals surface area (Å²) in [5, 5.41) is 0. The fourth-order valence-corrected chi connectivity index (χ4v) is 3.13. The molecule has 0 saturated heterocycles. The number of rotatable bonds is 1. The highest BCUT2D eigenvalue weighted by atomic mass is 14.6. The quantitative estimate of drug-likeness (QED) is 0.522. The Kier molecular flexibility index (Phi) is 1.33. The lowest BCUT2D eigenvalue weighted by Gasteiger charge is -2.27. The summed E-state index contributed by atoms with van der Waals surface area (Å²) >= 11 is 0. The summed E-state index contributed by atoms with van der Waals surface area (Å²) in [4.78, 5) is 0. The topological polar surface area (TPSA) is 0 Å². The molecule has 0 nitrogen and oxygen atoms in total. The normalized spacial score (nSPS) is 52.2. The predicted octanol–water partition coefficient (Wildman–Crippen LogP) is 3.22. The van der Waals surface area contributed by atoms with Crippen LogP contribution in [-0.2, 0) is 0 Å². The summed E-state index contributed by atoms with van der Waals surface area (Å²) < 4.78 is 0. The van der Waals surface area contributed by atoms with E-state index in [-0.39, 0.29) is 0 Å². The molecule has 3 unspecified atom stereocenters. The van der Waals surface area contributed by atoms with E-state index >= 15 is 0 Å². The zero-order valence-electron chi connectivity index (χ0n) is 7.19. The van der Waals surface area contributed by atoms with Crippen molar-refractivity contribution in [3.05, 3.63) is 0 Å². The van der Waals surface area contributed by atoms with Crippen LogP contribution in [0, 0.1) is 17.3 Å². The van der Waals surface area contributed by atoms with Gasteiger partial charge >= 0.3 is 0 Å². The first kappa shape index (κ1) is 6.69. The Morgan fingerprint density at radius 2 is 2.20 bits per heavy atom. The molecular formula is C10H18. The SMILES string of the molecule is CCC12CC1CCCC2C. The van der Waals surface area contributed by atoms with Crippen LogP contribution in [0.15, 0.2) is 0 Å². The third-order valence-corrected chi connectivity index (χ3v) is 4.11. The highest BCUT2D eigenvalue weighted by Gasteiger charge is 2.56. The van der Waals surface area contributed by atoms with Gasteiger partial charge in [0.15, 0.2) is 0 Å². The molecule has 0 aromatic heterocycles. The van der Waals surface area contributed by atoms with Crippen molar-refractivity contribution in [1.82, 2.24) is 0 Å². The standard InChI is InChI=1S/C10H18/c1-3-10-7-9(10)6-4-5-8(10)2/h8-9H,3-7H2,1-2H3. The summed E-state index contributed by atoms with van der Waals surface area (Å²) in [6, 6.07) is 0. The Balaban J connectivity index is 2.09. The Morgan fingerprint density at radius 3 is 2.70 bits per heavy atom. The first-order chi connectivity index (χ1) is 4.79. The molecule has 0 radical (unpaired) electrons. The molecular weight excluding hydrogens is 120 g/mol. The lowest BCUT2D eigenvalue weighted by atomic mass is 9.78. The van der Waals surface area contributed by atoms with Crippen molar-refractivity contribution < 1.29 is 0 Å². The van der Waals surface area contributed by atoms with E-state index in [1.165, 1.54) is 25.7 Å². The minimum atomic E-state index is 0.845. The molecule has 0 heteroatoms. The van der Waals surface area contributed by atoms with Crippen molar-refractivity contribution in [2.24, 2.45) is 17.3 Å². The Morgan fingerprint density at radius 1 is 1.40 bits per heavy atom. The second-order valence-corrected chi connectivity index (χ2v) is 4.32. The first-order valence-corrected chi connectivity index (χ1v) is 4.79. The summed E-state index contributed by atoms with van der Waals surface area (Å²) in [5.74, 6) is 2.18. The van der Waals surface area contributed by atoms with Crippen molar-refractivity contribution in [3.8, 4) is 0 Å². The zero-order valence-corrected chi connectivity index (χ0v) is 7.19. The smallest absolute Gasteiger partial charge is 0.0243 e. The van der Waals surface area contributed by atoms with Crippen LogP contribution in [0.25, 0.3) is 0 Å². The van der Waals surface area contributed by atoms with Gasteiger partial charge in [0.2, 0.25) is 0 Å². The molecule has 2 fully saturated rings. The molecule has 3 atom stereocenters. The summed E-state index contributed by atoms with van der Waals surface area (Å²) in [7, 11) is 0. The van der Waals surface area contributed by atoms with E-state index in [1.807, 2.05) is 0 Å². The maximum Gasteiger partial charge on any atom is -0.0243 e. The molecule has 2 rings (SSSR count). The van der Waals surface area contributed by atoms with E-state index < -0.39 is 0 Å². The average molecular weight is 138 g/mol. The van der Waals surface area contributed by atoms with Crippen molar-refractivity contribution in [2.45, 2.75) is 46.0 Å². The number of hydrogen-bond acceptors (Lipinski definition) is 0. The molecule has 2 aliphatic carbocycles. The van der Waals surface area contributed by atoms with Gasteiger partial charge in [-0.1, -0.05) is 26.7 Å². The highest BCUT2D eigenvalue weighted by Crippen LogP contribution is 2.65. The van der Waals surface area contributed by atoms with Gasteiger partial charge < -0.3 is 0 Å². The van der Waals surface area contributed by atoms with Gasteiger partial charge in [-0.2, -0.15) is 0 Å². The van der Waals surface area contributed by atoms with Gasteiger partial charge in [0.1, 0.15) is 0 Å². The van der Waals surface area contributed by atoms with Gasteiger partial charge in [0, 0.05) is 0 Å². The van der Waals surface area contributed by atoms with Gasteiger partial charge in [0.05, 0.1) is 0 Å².